The number of rotatable bonds is 15. The van der Waals surface area contributed by atoms with Crippen molar-refractivity contribution in [1.29, 1.82) is 0 Å². The Hall–Kier alpha value is -3.83. The molecule has 1 aliphatic carbocycles. The zero-order chi connectivity index (χ0) is 32.2. The smallest absolute Gasteiger partial charge is 0.219 e. The summed E-state index contributed by atoms with van der Waals surface area (Å²) in [5.74, 6) is 1.46. The monoisotopic (exact) mass is 624 g/mol. The van der Waals surface area contributed by atoms with Crippen LogP contribution in [0.25, 0.3) is 11.1 Å². The van der Waals surface area contributed by atoms with Crippen molar-refractivity contribution in [3.63, 3.8) is 0 Å². The number of anilines is 1. The van der Waals surface area contributed by atoms with Crippen molar-refractivity contribution < 1.29 is 28.5 Å². The molecule has 4 rings (SSSR count). The molecule has 3 N–H and O–H groups in total. The minimum Gasteiger partial charge on any atom is -0.493 e. The SMILES string of the molecule is COc1cc2c(c(OC)c1OC)-c1ccc(NCCCCCC(=O)NCCCN3CCOCC3)c(=O)cc1[C@@H](NC(C)=O)CC2. The number of ether oxygens (including phenoxy) is 4. The molecule has 2 aromatic rings. The number of methoxy groups -OCH3 is 3. The van der Waals surface area contributed by atoms with Crippen LogP contribution in [0.1, 0.15) is 62.6 Å². The van der Waals surface area contributed by atoms with Crippen molar-refractivity contribution in [1.82, 2.24) is 15.5 Å². The van der Waals surface area contributed by atoms with Crippen molar-refractivity contribution in [2.24, 2.45) is 0 Å². The normalized spacial score (nSPS) is 16.0. The second-order valence-electron chi connectivity index (χ2n) is 11.5. The third-order valence-electron chi connectivity index (χ3n) is 8.39. The summed E-state index contributed by atoms with van der Waals surface area (Å²) >= 11 is 0. The fourth-order valence-electron chi connectivity index (χ4n) is 6.11. The quantitative estimate of drug-likeness (QED) is 0.255. The molecule has 45 heavy (non-hydrogen) atoms. The van der Waals surface area contributed by atoms with E-state index in [9.17, 15) is 14.4 Å². The lowest BCUT2D eigenvalue weighted by Crippen LogP contribution is -2.38. The Balaban J connectivity index is 1.39. The fraction of sp³-hybridized carbons (Fsp3) is 0.559. The van der Waals surface area contributed by atoms with Gasteiger partial charge in [0.1, 0.15) is 0 Å². The molecule has 2 amide bonds. The number of nitrogens with zero attached hydrogens (tertiary/aromatic N) is 1. The van der Waals surface area contributed by atoms with Gasteiger partial charge in [-0.25, -0.2) is 0 Å². The number of aryl methyl sites for hydroxylation is 1. The van der Waals surface area contributed by atoms with E-state index in [0.29, 0.717) is 55.3 Å². The molecule has 0 saturated carbocycles. The van der Waals surface area contributed by atoms with Crippen LogP contribution >= 0.6 is 0 Å². The van der Waals surface area contributed by atoms with E-state index in [1.54, 1.807) is 33.5 Å². The first kappa shape index (κ1) is 34.1. The van der Waals surface area contributed by atoms with Crippen LogP contribution in [0.5, 0.6) is 17.2 Å². The van der Waals surface area contributed by atoms with Gasteiger partial charge in [-0.1, -0.05) is 12.5 Å². The molecule has 2 aliphatic rings. The summed E-state index contributed by atoms with van der Waals surface area (Å²) in [7, 11) is 4.73. The van der Waals surface area contributed by atoms with E-state index in [4.69, 9.17) is 18.9 Å². The van der Waals surface area contributed by atoms with E-state index in [0.717, 1.165) is 80.8 Å². The highest BCUT2D eigenvalue weighted by Crippen LogP contribution is 2.50. The van der Waals surface area contributed by atoms with Crippen LogP contribution in [0.4, 0.5) is 5.69 Å². The number of fused-ring (bicyclic) bond motifs is 3. The Morgan fingerprint density at radius 1 is 0.956 bits per heavy atom. The number of morpholine rings is 1. The zero-order valence-electron chi connectivity index (χ0n) is 27.1. The molecule has 0 unspecified atom stereocenters. The van der Waals surface area contributed by atoms with Gasteiger partial charge in [-0.05, 0) is 73.5 Å². The van der Waals surface area contributed by atoms with Crippen LogP contribution in [0.3, 0.4) is 0 Å². The lowest BCUT2D eigenvalue weighted by atomic mass is 9.95. The third-order valence-corrected chi connectivity index (χ3v) is 8.39. The zero-order valence-corrected chi connectivity index (χ0v) is 27.1. The summed E-state index contributed by atoms with van der Waals surface area (Å²) in [6.07, 6.45) is 5.17. The van der Waals surface area contributed by atoms with Gasteiger partial charge in [-0.2, -0.15) is 0 Å². The van der Waals surface area contributed by atoms with Gasteiger partial charge in [0.15, 0.2) is 11.5 Å². The molecule has 1 heterocycles. The molecule has 1 saturated heterocycles. The summed E-state index contributed by atoms with van der Waals surface area (Å²) in [6.45, 7) is 7.26. The number of nitrogens with one attached hydrogen (secondary N) is 3. The van der Waals surface area contributed by atoms with Crippen LogP contribution in [0, 0.1) is 0 Å². The van der Waals surface area contributed by atoms with Crippen molar-refractivity contribution in [3.05, 3.63) is 45.6 Å². The highest BCUT2D eigenvalue weighted by atomic mass is 16.5. The first-order valence-corrected chi connectivity index (χ1v) is 15.9. The standard InChI is InChI=1S/C34H48N4O7/c1-23(39)37-27-12-10-24-21-30(42-2)33(43-3)34(44-4)32(24)25-11-13-28(29(40)22-26(25)27)35-14-7-5-6-9-31(41)36-15-8-16-38-17-19-45-20-18-38/h11,13,21-22,27H,5-10,12,14-20H2,1-4H3,(H,35,40)(H,36,41)(H,37,39)/t27-/m0/s1. The number of hydrogen-bond donors (Lipinski definition) is 3. The van der Waals surface area contributed by atoms with Crippen LogP contribution < -0.4 is 35.6 Å². The maximum absolute atomic E-state index is 13.4. The van der Waals surface area contributed by atoms with Gasteiger partial charge < -0.3 is 34.9 Å². The predicted molar refractivity (Wildman–Crippen MR) is 175 cm³/mol. The predicted octanol–water partition coefficient (Wildman–Crippen LogP) is 3.67. The van der Waals surface area contributed by atoms with E-state index >= 15 is 0 Å². The summed E-state index contributed by atoms with van der Waals surface area (Å²) in [6, 6.07) is 6.90. The van der Waals surface area contributed by atoms with E-state index in [-0.39, 0.29) is 23.3 Å². The van der Waals surface area contributed by atoms with Gasteiger partial charge in [0, 0.05) is 45.1 Å². The van der Waals surface area contributed by atoms with Gasteiger partial charge in [-0.15, -0.1) is 0 Å². The molecule has 0 radical (unpaired) electrons. The largest absolute Gasteiger partial charge is 0.493 e. The number of hydrogen-bond acceptors (Lipinski definition) is 9. The number of amides is 2. The molecule has 0 bridgehead atoms. The van der Waals surface area contributed by atoms with Gasteiger partial charge in [-0.3, -0.25) is 19.3 Å². The summed E-state index contributed by atoms with van der Waals surface area (Å²) in [5.41, 5.74) is 3.63. The van der Waals surface area contributed by atoms with Crippen LogP contribution in [0.2, 0.25) is 0 Å². The first-order valence-electron chi connectivity index (χ1n) is 15.9. The Kier molecular flexibility index (Phi) is 12.9. The van der Waals surface area contributed by atoms with Crippen molar-refractivity contribution in [2.45, 2.75) is 57.9 Å². The van der Waals surface area contributed by atoms with E-state index in [1.165, 1.54) is 6.92 Å². The van der Waals surface area contributed by atoms with E-state index < -0.39 is 0 Å². The van der Waals surface area contributed by atoms with Crippen molar-refractivity contribution >= 4 is 17.5 Å². The van der Waals surface area contributed by atoms with E-state index in [1.807, 2.05) is 12.1 Å². The Morgan fingerprint density at radius 2 is 1.73 bits per heavy atom. The van der Waals surface area contributed by atoms with Crippen molar-refractivity contribution in [3.8, 4) is 28.4 Å². The van der Waals surface area contributed by atoms with Crippen LogP contribution in [-0.4, -0.2) is 84.0 Å². The van der Waals surface area contributed by atoms with Gasteiger partial charge in [0.2, 0.25) is 23.0 Å². The molecule has 11 heteroatoms. The topological polar surface area (TPSA) is 127 Å². The molecule has 0 aromatic heterocycles. The molecular weight excluding hydrogens is 576 g/mol. The lowest BCUT2D eigenvalue weighted by molar-refractivity contribution is -0.121. The number of carbonyl (C=O) groups excluding carboxylic acids is 2. The van der Waals surface area contributed by atoms with Crippen LogP contribution in [0.15, 0.2) is 29.1 Å². The maximum Gasteiger partial charge on any atom is 0.219 e. The minimum absolute atomic E-state index is 0.0852. The molecular formula is C34H48N4O7. The van der Waals surface area contributed by atoms with Gasteiger partial charge in [0.05, 0.1) is 46.3 Å². The summed E-state index contributed by atoms with van der Waals surface area (Å²) < 4.78 is 22.5. The van der Waals surface area contributed by atoms with Gasteiger partial charge >= 0.3 is 0 Å². The maximum atomic E-state index is 13.4. The molecule has 1 aliphatic heterocycles. The van der Waals surface area contributed by atoms with E-state index in [2.05, 4.69) is 20.9 Å². The Labute approximate surface area is 265 Å². The highest BCUT2D eigenvalue weighted by Gasteiger charge is 2.29. The average Bonchev–Trinajstić information content (AvgIpc) is 3.28. The van der Waals surface area contributed by atoms with Crippen LogP contribution in [-0.2, 0) is 20.7 Å². The Morgan fingerprint density at radius 3 is 2.44 bits per heavy atom. The minimum atomic E-state index is -0.356. The lowest BCUT2D eigenvalue weighted by Gasteiger charge is -2.26. The summed E-state index contributed by atoms with van der Waals surface area (Å²) in [5, 5.41) is 9.35. The number of benzene rings is 1. The second-order valence-corrected chi connectivity index (χ2v) is 11.5. The molecule has 0 spiro atoms. The molecule has 11 nitrogen and oxygen atoms in total. The number of unbranched alkanes of at least 4 members (excludes halogenated alkanes) is 2. The van der Waals surface area contributed by atoms with Crippen molar-refractivity contribution in [2.75, 3.05) is 72.6 Å². The highest BCUT2D eigenvalue weighted by molar-refractivity contribution is 5.83. The molecule has 1 atom stereocenters. The third kappa shape index (κ3) is 9.11. The summed E-state index contributed by atoms with van der Waals surface area (Å²) in [4.78, 5) is 40.2. The molecule has 1 fully saturated rings. The van der Waals surface area contributed by atoms with Gasteiger partial charge in [0.25, 0.3) is 0 Å². The average molecular weight is 625 g/mol. The Bertz CT molecular complexity index is 1380. The first-order chi connectivity index (χ1) is 21.9. The number of carbonyl (C=O) groups is 2. The fourth-order valence-corrected chi connectivity index (χ4v) is 6.11. The second kappa shape index (κ2) is 17.0. The molecule has 2 aromatic carbocycles. The molecule has 246 valence electrons.